The highest BCUT2D eigenvalue weighted by Gasteiger charge is 2.30. The molecule has 1 aromatic carbocycles. The van der Waals surface area contributed by atoms with Crippen molar-refractivity contribution in [2.24, 2.45) is 0 Å². The molecule has 2 N–H and O–H groups in total. The normalized spacial score (nSPS) is 14.1. The molecule has 0 aliphatic heterocycles. The molecule has 0 saturated heterocycles. The lowest BCUT2D eigenvalue weighted by Gasteiger charge is -2.29. The third kappa shape index (κ3) is 3.20. The maximum absolute atomic E-state index is 10.9. The van der Waals surface area contributed by atoms with Crippen LogP contribution in [0.5, 0.6) is 5.75 Å². The number of aliphatic carboxylic acids is 1. The zero-order chi connectivity index (χ0) is 12.9. The van der Waals surface area contributed by atoms with Crippen LogP contribution in [0.4, 0.5) is 0 Å². The number of hydrogen-bond acceptors (Lipinski definition) is 3. The van der Waals surface area contributed by atoms with Crippen molar-refractivity contribution in [3.05, 3.63) is 29.8 Å². The molecule has 1 unspecified atom stereocenters. The van der Waals surface area contributed by atoms with Crippen molar-refractivity contribution < 1.29 is 14.6 Å². The van der Waals surface area contributed by atoms with E-state index in [1.807, 2.05) is 38.1 Å². The zero-order valence-electron chi connectivity index (χ0n) is 10.5. The second kappa shape index (κ2) is 5.68. The Balaban J connectivity index is 3.14. The van der Waals surface area contributed by atoms with Crippen LogP contribution >= 0.6 is 0 Å². The van der Waals surface area contributed by atoms with Crippen molar-refractivity contribution in [2.45, 2.75) is 25.8 Å². The van der Waals surface area contributed by atoms with Gasteiger partial charge in [0.05, 0.1) is 18.6 Å². The van der Waals surface area contributed by atoms with Gasteiger partial charge in [0.1, 0.15) is 5.75 Å². The van der Waals surface area contributed by atoms with Gasteiger partial charge in [-0.15, -0.1) is 0 Å². The summed E-state index contributed by atoms with van der Waals surface area (Å²) in [5.74, 6) is -0.110. The number of carboxylic acid groups (broad SMARTS) is 1. The Morgan fingerprint density at radius 1 is 1.47 bits per heavy atom. The van der Waals surface area contributed by atoms with Crippen molar-refractivity contribution >= 4 is 5.97 Å². The van der Waals surface area contributed by atoms with Gasteiger partial charge in [-0.1, -0.05) is 18.2 Å². The monoisotopic (exact) mass is 237 g/mol. The lowest BCUT2D eigenvalue weighted by atomic mass is 9.88. The van der Waals surface area contributed by atoms with Crippen molar-refractivity contribution in [1.29, 1.82) is 0 Å². The molecule has 0 bridgehead atoms. The average Bonchev–Trinajstić information content (AvgIpc) is 2.29. The molecule has 0 heterocycles. The molecule has 1 aromatic rings. The fraction of sp³-hybridized carbons (Fsp3) is 0.462. The van der Waals surface area contributed by atoms with E-state index >= 15 is 0 Å². The SMILES string of the molecule is CCOc1ccccc1C(C)(CC(=O)O)NC. The van der Waals surface area contributed by atoms with Crippen LogP contribution in [0.25, 0.3) is 0 Å². The van der Waals surface area contributed by atoms with Gasteiger partial charge in [0.25, 0.3) is 0 Å². The summed E-state index contributed by atoms with van der Waals surface area (Å²) >= 11 is 0. The minimum atomic E-state index is -0.840. The summed E-state index contributed by atoms with van der Waals surface area (Å²) in [7, 11) is 1.76. The highest BCUT2D eigenvalue weighted by atomic mass is 16.5. The van der Waals surface area contributed by atoms with Crippen molar-refractivity contribution in [2.75, 3.05) is 13.7 Å². The number of benzene rings is 1. The Bertz CT molecular complexity index is 392. The van der Waals surface area contributed by atoms with Gasteiger partial charge in [-0.25, -0.2) is 0 Å². The molecule has 0 radical (unpaired) electrons. The topological polar surface area (TPSA) is 58.6 Å². The molecule has 1 rings (SSSR count). The largest absolute Gasteiger partial charge is 0.494 e. The number of para-hydroxylation sites is 1. The molecule has 4 heteroatoms. The average molecular weight is 237 g/mol. The Hall–Kier alpha value is -1.55. The molecule has 0 fully saturated rings. The van der Waals surface area contributed by atoms with Crippen LogP contribution < -0.4 is 10.1 Å². The first-order valence-corrected chi connectivity index (χ1v) is 5.66. The fourth-order valence-corrected chi connectivity index (χ4v) is 1.82. The van der Waals surface area contributed by atoms with Crippen molar-refractivity contribution in [3.8, 4) is 5.75 Å². The van der Waals surface area contributed by atoms with Crippen LogP contribution in [-0.4, -0.2) is 24.7 Å². The minimum absolute atomic E-state index is 0.00753. The quantitative estimate of drug-likeness (QED) is 0.794. The Kier molecular flexibility index (Phi) is 4.52. The smallest absolute Gasteiger partial charge is 0.305 e. The van der Waals surface area contributed by atoms with Crippen LogP contribution in [0.1, 0.15) is 25.8 Å². The molecule has 4 nitrogen and oxygen atoms in total. The Morgan fingerprint density at radius 2 is 2.12 bits per heavy atom. The Morgan fingerprint density at radius 3 is 2.65 bits per heavy atom. The standard InChI is InChI=1S/C13H19NO3/c1-4-17-11-8-6-5-7-10(11)13(2,14-3)9-12(15)16/h5-8,14H,4,9H2,1-3H3,(H,15,16). The van der Waals surface area contributed by atoms with Crippen LogP contribution in [0.15, 0.2) is 24.3 Å². The number of carboxylic acids is 1. The molecule has 0 amide bonds. The van der Waals surface area contributed by atoms with E-state index in [1.165, 1.54) is 0 Å². The predicted octanol–water partition coefficient (Wildman–Crippen LogP) is 1.99. The summed E-state index contributed by atoms with van der Waals surface area (Å²) in [6.45, 7) is 4.33. The number of rotatable bonds is 6. The number of ether oxygens (including phenoxy) is 1. The molecule has 0 aliphatic carbocycles. The first kappa shape index (κ1) is 13.5. The van der Waals surface area contributed by atoms with Gasteiger partial charge in [0.2, 0.25) is 0 Å². The molecule has 1 atom stereocenters. The number of hydrogen-bond donors (Lipinski definition) is 2. The first-order valence-electron chi connectivity index (χ1n) is 5.66. The lowest BCUT2D eigenvalue weighted by molar-refractivity contribution is -0.138. The summed E-state index contributed by atoms with van der Waals surface area (Å²) < 4.78 is 5.53. The first-order chi connectivity index (χ1) is 8.03. The van der Waals surface area contributed by atoms with Gasteiger partial charge in [-0.05, 0) is 27.0 Å². The van der Waals surface area contributed by atoms with E-state index in [9.17, 15) is 4.79 Å². The van der Waals surface area contributed by atoms with Gasteiger partial charge >= 0.3 is 5.97 Å². The maximum atomic E-state index is 10.9. The van der Waals surface area contributed by atoms with E-state index in [-0.39, 0.29) is 6.42 Å². The van der Waals surface area contributed by atoms with Crippen molar-refractivity contribution in [1.82, 2.24) is 5.32 Å². The molecular formula is C13H19NO3. The summed E-state index contributed by atoms with van der Waals surface area (Å²) in [6.07, 6.45) is 0.00753. The third-order valence-corrected chi connectivity index (χ3v) is 2.84. The van der Waals surface area contributed by atoms with E-state index < -0.39 is 11.5 Å². The summed E-state index contributed by atoms with van der Waals surface area (Å²) in [5.41, 5.74) is 0.240. The zero-order valence-corrected chi connectivity index (χ0v) is 10.5. The lowest BCUT2D eigenvalue weighted by Crippen LogP contribution is -2.39. The van der Waals surface area contributed by atoms with Gasteiger partial charge < -0.3 is 15.2 Å². The summed E-state index contributed by atoms with van der Waals surface area (Å²) in [5, 5.41) is 12.0. The summed E-state index contributed by atoms with van der Waals surface area (Å²) in [4.78, 5) is 10.9. The van der Waals surface area contributed by atoms with Gasteiger partial charge in [0, 0.05) is 5.56 Å². The third-order valence-electron chi connectivity index (χ3n) is 2.84. The number of nitrogens with one attached hydrogen (secondary N) is 1. The molecule has 94 valence electrons. The van der Waals surface area contributed by atoms with Gasteiger partial charge in [-0.3, -0.25) is 4.79 Å². The molecule has 0 saturated carbocycles. The van der Waals surface area contributed by atoms with E-state index in [2.05, 4.69) is 5.32 Å². The van der Waals surface area contributed by atoms with E-state index in [0.717, 1.165) is 11.3 Å². The number of carbonyl (C=O) groups is 1. The van der Waals surface area contributed by atoms with E-state index in [0.29, 0.717) is 6.61 Å². The highest BCUT2D eigenvalue weighted by molar-refractivity contribution is 5.69. The van der Waals surface area contributed by atoms with Gasteiger partial charge in [0.15, 0.2) is 0 Å². The van der Waals surface area contributed by atoms with E-state index in [1.54, 1.807) is 7.05 Å². The van der Waals surface area contributed by atoms with Crippen LogP contribution in [0.2, 0.25) is 0 Å². The highest BCUT2D eigenvalue weighted by Crippen LogP contribution is 2.32. The predicted molar refractivity (Wildman–Crippen MR) is 66.3 cm³/mol. The van der Waals surface area contributed by atoms with E-state index in [4.69, 9.17) is 9.84 Å². The second-order valence-electron chi connectivity index (χ2n) is 4.08. The van der Waals surface area contributed by atoms with Crippen LogP contribution in [-0.2, 0) is 10.3 Å². The molecule has 0 spiro atoms. The summed E-state index contributed by atoms with van der Waals surface area (Å²) in [6, 6.07) is 7.52. The fourth-order valence-electron chi connectivity index (χ4n) is 1.82. The van der Waals surface area contributed by atoms with Crippen LogP contribution in [0, 0.1) is 0 Å². The molecule has 17 heavy (non-hydrogen) atoms. The second-order valence-corrected chi connectivity index (χ2v) is 4.08. The van der Waals surface area contributed by atoms with Crippen LogP contribution in [0.3, 0.4) is 0 Å². The van der Waals surface area contributed by atoms with Gasteiger partial charge in [-0.2, -0.15) is 0 Å². The molecule has 0 aliphatic rings. The molecular weight excluding hydrogens is 218 g/mol. The molecule has 0 aromatic heterocycles. The maximum Gasteiger partial charge on any atom is 0.305 e. The van der Waals surface area contributed by atoms with Crippen molar-refractivity contribution in [3.63, 3.8) is 0 Å². The Labute approximate surface area is 102 Å². The minimum Gasteiger partial charge on any atom is -0.494 e.